The minimum Gasteiger partial charge on any atom is -0.363 e. The molecule has 1 unspecified atom stereocenters. The smallest absolute Gasteiger partial charge is 0.264 e. The Morgan fingerprint density at radius 2 is 1.92 bits per heavy atom. The molecule has 4 atom stereocenters. The van der Waals surface area contributed by atoms with Crippen molar-refractivity contribution in [3.8, 4) is 5.69 Å². The Kier molecular flexibility index (Phi) is 4.62. The topological polar surface area (TPSA) is 107 Å². The van der Waals surface area contributed by atoms with Gasteiger partial charge in [-0.2, -0.15) is 19.3 Å². The van der Waals surface area contributed by atoms with E-state index < -0.39 is 21.0 Å². The van der Waals surface area contributed by atoms with Gasteiger partial charge in [0.1, 0.15) is 12.0 Å². The molecule has 3 aliphatic rings. The van der Waals surface area contributed by atoms with Gasteiger partial charge >= 0.3 is 0 Å². The van der Waals surface area contributed by atoms with E-state index in [2.05, 4.69) is 32.7 Å². The van der Waals surface area contributed by atoms with Crippen LogP contribution in [0, 0.1) is 18.7 Å². The summed E-state index contributed by atoms with van der Waals surface area (Å²) in [7, 11) is -2.22. The van der Waals surface area contributed by atoms with Crippen LogP contribution in [0.3, 0.4) is 0 Å². The van der Waals surface area contributed by atoms with Crippen LogP contribution in [0.2, 0.25) is 0 Å². The molecule has 37 heavy (non-hydrogen) atoms. The van der Waals surface area contributed by atoms with Gasteiger partial charge in [0.05, 0.1) is 35.7 Å². The zero-order chi connectivity index (χ0) is 25.7. The number of aryl methyl sites for hydroxylation is 2. The van der Waals surface area contributed by atoms with Crippen molar-refractivity contribution in [1.82, 2.24) is 34.4 Å². The van der Waals surface area contributed by atoms with E-state index in [9.17, 15) is 12.8 Å². The van der Waals surface area contributed by atoms with Crippen LogP contribution in [0.25, 0.3) is 16.6 Å². The molecule has 2 saturated heterocycles. The average Bonchev–Trinajstić information content (AvgIpc) is 3.32. The number of halogens is 1. The second kappa shape index (κ2) is 7.44. The highest BCUT2D eigenvalue weighted by Crippen LogP contribution is 2.69. The third-order valence-corrected chi connectivity index (χ3v) is 10.0. The van der Waals surface area contributed by atoms with E-state index in [0.29, 0.717) is 19.7 Å². The SMILES string of the molecule is Cc1cc2c(cnn2-c2ccc(F)cc2)cc1[C@@]12CN(S(=O)(=O)c3cnn(C)n3)C[C@@]13NC(C)OC[C@H]32. The summed E-state index contributed by atoms with van der Waals surface area (Å²) in [5.41, 5.74) is 2.91. The Bertz CT molecular complexity index is 1670. The first kappa shape index (κ1) is 23.0. The van der Waals surface area contributed by atoms with Crippen molar-refractivity contribution in [2.24, 2.45) is 13.0 Å². The first-order valence-electron chi connectivity index (χ1n) is 12.2. The molecule has 7 rings (SSSR count). The Morgan fingerprint density at radius 1 is 1.14 bits per heavy atom. The van der Waals surface area contributed by atoms with E-state index in [0.717, 1.165) is 27.7 Å². The quantitative estimate of drug-likeness (QED) is 0.435. The zero-order valence-electron chi connectivity index (χ0n) is 20.6. The summed E-state index contributed by atoms with van der Waals surface area (Å²) in [6, 6.07) is 10.4. The molecule has 0 bridgehead atoms. The molecule has 4 aromatic rings. The number of piperidine rings is 1. The second-order valence-electron chi connectivity index (χ2n) is 10.3. The van der Waals surface area contributed by atoms with Crippen LogP contribution < -0.4 is 5.32 Å². The third kappa shape index (κ3) is 3.00. The van der Waals surface area contributed by atoms with Crippen LogP contribution >= 0.6 is 0 Å². The van der Waals surface area contributed by atoms with Gasteiger partial charge in [0.15, 0.2) is 0 Å². The number of hydrogen-bond acceptors (Lipinski definition) is 7. The lowest BCUT2D eigenvalue weighted by Gasteiger charge is -2.30. The van der Waals surface area contributed by atoms with Gasteiger partial charge in [0.25, 0.3) is 10.0 Å². The van der Waals surface area contributed by atoms with Crippen molar-refractivity contribution in [2.75, 3.05) is 19.7 Å². The van der Waals surface area contributed by atoms with Crippen LogP contribution in [0.4, 0.5) is 4.39 Å². The third-order valence-electron chi connectivity index (χ3n) is 8.38. The molecule has 1 aliphatic carbocycles. The molecule has 4 heterocycles. The minimum atomic E-state index is -3.82. The molecule has 1 spiro atoms. The van der Waals surface area contributed by atoms with Crippen molar-refractivity contribution in [3.63, 3.8) is 0 Å². The summed E-state index contributed by atoms with van der Waals surface area (Å²) in [5.74, 6) is -0.168. The van der Waals surface area contributed by atoms with Crippen molar-refractivity contribution in [3.05, 3.63) is 65.7 Å². The monoisotopic (exact) mass is 523 g/mol. The number of nitrogens with one attached hydrogen (secondary N) is 1. The lowest BCUT2D eigenvalue weighted by Crippen LogP contribution is -2.51. The largest absolute Gasteiger partial charge is 0.363 e. The highest BCUT2D eigenvalue weighted by Gasteiger charge is 2.83. The van der Waals surface area contributed by atoms with Gasteiger partial charge in [-0.3, -0.25) is 5.32 Å². The Morgan fingerprint density at radius 3 is 2.65 bits per heavy atom. The molecule has 12 heteroatoms. The normalized spacial score (nSPS) is 29.4. The molecule has 1 N–H and O–H groups in total. The molecule has 2 aromatic carbocycles. The standard InChI is InChI=1S/C25H26FN7O3S/c1-15-8-21-17(10-28-33(21)19-6-4-18(26)5-7-19)9-20(15)24-13-32(37(34,35)23-11-27-31(3)30-23)14-25(24)22(24)12-36-16(2)29-25/h4-11,16,22,29H,12-14H2,1-3H3/t16?,22-,24+,25-/m0/s1. The number of benzene rings is 2. The maximum atomic E-state index is 13.5. The molecule has 1 saturated carbocycles. The molecular weight excluding hydrogens is 497 g/mol. The second-order valence-corrected chi connectivity index (χ2v) is 12.2. The first-order chi connectivity index (χ1) is 17.7. The predicted octanol–water partition coefficient (Wildman–Crippen LogP) is 1.88. The Hall–Kier alpha value is -3.19. The van der Waals surface area contributed by atoms with Crippen LogP contribution in [0.5, 0.6) is 0 Å². The lowest BCUT2D eigenvalue weighted by molar-refractivity contribution is -0.0125. The molecule has 3 fully saturated rings. The van der Waals surface area contributed by atoms with Gasteiger partial charge in [0, 0.05) is 36.9 Å². The minimum absolute atomic E-state index is 0.0488. The molecular formula is C25H26FN7O3S. The number of sulfonamides is 1. The van der Waals surface area contributed by atoms with E-state index in [4.69, 9.17) is 4.74 Å². The molecule has 2 aliphatic heterocycles. The predicted molar refractivity (Wildman–Crippen MR) is 132 cm³/mol. The van der Waals surface area contributed by atoms with E-state index in [1.54, 1.807) is 30.1 Å². The van der Waals surface area contributed by atoms with Crippen LogP contribution in [0.15, 0.2) is 53.8 Å². The summed E-state index contributed by atoms with van der Waals surface area (Å²) in [6.07, 6.45) is 2.90. The fourth-order valence-electron chi connectivity index (χ4n) is 6.72. The summed E-state index contributed by atoms with van der Waals surface area (Å²) in [5, 5.41) is 17.1. The molecule has 192 valence electrons. The number of ether oxygens (including phenoxy) is 1. The van der Waals surface area contributed by atoms with Crippen molar-refractivity contribution >= 4 is 20.9 Å². The number of nitrogens with zero attached hydrogens (tertiary/aromatic N) is 6. The maximum Gasteiger partial charge on any atom is 0.264 e. The molecule has 10 nitrogen and oxygen atoms in total. The average molecular weight is 524 g/mol. The van der Waals surface area contributed by atoms with Crippen LogP contribution in [0.1, 0.15) is 18.1 Å². The number of rotatable bonds is 4. The zero-order valence-corrected chi connectivity index (χ0v) is 21.4. The van der Waals surface area contributed by atoms with Gasteiger partial charge in [-0.25, -0.2) is 17.5 Å². The highest BCUT2D eigenvalue weighted by molar-refractivity contribution is 7.89. The van der Waals surface area contributed by atoms with Gasteiger partial charge in [-0.05, 0) is 61.4 Å². The first-order valence-corrected chi connectivity index (χ1v) is 13.6. The van der Waals surface area contributed by atoms with E-state index in [1.807, 2.05) is 13.8 Å². The van der Waals surface area contributed by atoms with Gasteiger partial charge < -0.3 is 4.74 Å². The fourth-order valence-corrected chi connectivity index (χ4v) is 8.13. The Balaban J connectivity index is 1.34. The van der Waals surface area contributed by atoms with Crippen LogP contribution in [-0.2, 0) is 27.2 Å². The summed E-state index contributed by atoms with van der Waals surface area (Å²) < 4.78 is 49.8. The maximum absolute atomic E-state index is 13.5. The molecule has 0 amide bonds. The van der Waals surface area contributed by atoms with Gasteiger partial charge in [-0.1, -0.05) is 0 Å². The fraction of sp³-hybridized carbons (Fsp3) is 0.400. The van der Waals surface area contributed by atoms with Gasteiger partial charge in [0.2, 0.25) is 5.03 Å². The molecule has 0 radical (unpaired) electrons. The number of aromatic nitrogens is 5. The van der Waals surface area contributed by atoms with E-state index in [1.165, 1.54) is 27.4 Å². The summed E-state index contributed by atoms with van der Waals surface area (Å²) in [6.45, 7) is 5.21. The number of hydrogen-bond donors (Lipinski definition) is 1. The van der Waals surface area contributed by atoms with Crippen molar-refractivity contribution in [2.45, 2.75) is 36.1 Å². The Labute approximate surface area is 213 Å². The summed E-state index contributed by atoms with van der Waals surface area (Å²) in [4.78, 5) is 1.26. The van der Waals surface area contributed by atoms with Crippen molar-refractivity contribution < 1.29 is 17.5 Å². The van der Waals surface area contributed by atoms with Crippen molar-refractivity contribution in [1.29, 1.82) is 0 Å². The highest BCUT2D eigenvalue weighted by atomic mass is 32.2. The van der Waals surface area contributed by atoms with Crippen LogP contribution in [-0.4, -0.2) is 69.0 Å². The van der Waals surface area contributed by atoms with E-state index >= 15 is 0 Å². The van der Waals surface area contributed by atoms with E-state index in [-0.39, 0.29) is 23.0 Å². The lowest BCUT2D eigenvalue weighted by atomic mass is 9.87. The molecule has 2 aromatic heterocycles. The van der Waals surface area contributed by atoms with Gasteiger partial charge in [-0.15, -0.1) is 5.10 Å². The number of fused-ring (bicyclic) bond motifs is 2. The summed E-state index contributed by atoms with van der Waals surface area (Å²) >= 11 is 0.